The minimum Gasteiger partial charge on any atom is -0.465 e. The number of hydrogen-bond donors (Lipinski definition) is 1. The van der Waals surface area contributed by atoms with Gasteiger partial charge in [0.05, 0.1) is 7.11 Å². The summed E-state index contributed by atoms with van der Waals surface area (Å²) in [5.74, 6) is -1.03. The number of carbonyl (C=O) groups is 2. The van der Waals surface area contributed by atoms with E-state index in [0.717, 1.165) is 4.47 Å². The molecule has 5 heteroatoms. The van der Waals surface area contributed by atoms with E-state index in [1.807, 2.05) is 19.9 Å². The molecule has 0 saturated heterocycles. The van der Waals surface area contributed by atoms with Gasteiger partial charge in [0, 0.05) is 22.3 Å². The Hall–Kier alpha value is -1.62. The van der Waals surface area contributed by atoms with Crippen LogP contribution < -0.4 is 5.32 Å². The largest absolute Gasteiger partial charge is 0.465 e. The Kier molecular flexibility index (Phi) is 5.76. The summed E-state index contributed by atoms with van der Waals surface area (Å²) in [4.78, 5) is 23.9. The standard InChI is InChI=1S/C14H16BrNO3/c1-9(2)16-8-12(14(18)19-3)13(17)10-5-4-6-11(15)7-10/h4-9,16H,1-3H3/b12-8-. The van der Waals surface area contributed by atoms with E-state index < -0.39 is 5.97 Å². The number of halogens is 1. The fourth-order valence-corrected chi connectivity index (χ4v) is 1.76. The van der Waals surface area contributed by atoms with Crippen LogP contribution in [0.1, 0.15) is 24.2 Å². The molecule has 0 saturated carbocycles. The van der Waals surface area contributed by atoms with E-state index in [1.165, 1.54) is 13.3 Å². The molecule has 0 bridgehead atoms. The van der Waals surface area contributed by atoms with Gasteiger partial charge in [0.25, 0.3) is 0 Å². The first-order valence-corrected chi connectivity index (χ1v) is 6.59. The topological polar surface area (TPSA) is 55.4 Å². The van der Waals surface area contributed by atoms with Gasteiger partial charge in [0.15, 0.2) is 0 Å². The number of ketones is 1. The Morgan fingerprint density at radius 3 is 2.58 bits per heavy atom. The summed E-state index contributed by atoms with van der Waals surface area (Å²) in [5.41, 5.74) is 0.408. The van der Waals surface area contributed by atoms with Crippen molar-refractivity contribution in [3.63, 3.8) is 0 Å². The second kappa shape index (κ2) is 7.09. The van der Waals surface area contributed by atoms with Gasteiger partial charge in [-0.05, 0) is 26.0 Å². The average molecular weight is 326 g/mol. The maximum Gasteiger partial charge on any atom is 0.343 e. The highest BCUT2D eigenvalue weighted by Crippen LogP contribution is 2.15. The Balaban J connectivity index is 3.07. The molecule has 102 valence electrons. The van der Waals surface area contributed by atoms with Gasteiger partial charge in [-0.3, -0.25) is 4.79 Å². The smallest absolute Gasteiger partial charge is 0.343 e. The summed E-state index contributed by atoms with van der Waals surface area (Å²) in [6.07, 6.45) is 1.40. The highest BCUT2D eigenvalue weighted by atomic mass is 79.9. The summed E-state index contributed by atoms with van der Waals surface area (Å²) in [6.45, 7) is 3.82. The molecule has 1 aromatic rings. The second-order valence-corrected chi connectivity index (χ2v) is 5.13. The van der Waals surface area contributed by atoms with Crippen LogP contribution in [0.2, 0.25) is 0 Å². The minimum atomic E-state index is -0.655. The van der Waals surface area contributed by atoms with E-state index in [1.54, 1.807) is 18.2 Å². The third kappa shape index (κ3) is 4.52. The number of nitrogens with one attached hydrogen (secondary N) is 1. The maximum atomic E-state index is 12.3. The summed E-state index contributed by atoms with van der Waals surface area (Å²) in [6, 6.07) is 6.98. The zero-order valence-corrected chi connectivity index (χ0v) is 12.7. The number of hydrogen-bond acceptors (Lipinski definition) is 4. The molecule has 1 rings (SSSR count). The van der Waals surface area contributed by atoms with Gasteiger partial charge < -0.3 is 10.1 Å². The molecule has 0 radical (unpaired) electrons. The van der Waals surface area contributed by atoms with Crippen molar-refractivity contribution in [1.82, 2.24) is 5.32 Å². The number of esters is 1. The highest BCUT2D eigenvalue weighted by Gasteiger charge is 2.20. The van der Waals surface area contributed by atoms with Gasteiger partial charge in [-0.1, -0.05) is 28.1 Å². The molecule has 1 aromatic carbocycles. The third-order valence-corrected chi connectivity index (χ3v) is 2.79. The number of carbonyl (C=O) groups excluding carboxylic acids is 2. The van der Waals surface area contributed by atoms with E-state index in [9.17, 15) is 9.59 Å². The summed E-state index contributed by atoms with van der Waals surface area (Å²) < 4.78 is 5.41. The molecule has 0 unspecified atom stereocenters. The van der Waals surface area contributed by atoms with E-state index in [-0.39, 0.29) is 17.4 Å². The number of ether oxygens (including phenoxy) is 1. The molecular weight excluding hydrogens is 310 g/mol. The van der Waals surface area contributed by atoms with E-state index in [0.29, 0.717) is 5.56 Å². The second-order valence-electron chi connectivity index (χ2n) is 4.21. The summed E-state index contributed by atoms with van der Waals surface area (Å²) >= 11 is 3.29. The quantitative estimate of drug-likeness (QED) is 0.297. The molecule has 0 aliphatic rings. The lowest BCUT2D eigenvalue weighted by atomic mass is 10.0. The summed E-state index contributed by atoms with van der Waals surface area (Å²) in [7, 11) is 1.25. The van der Waals surface area contributed by atoms with Crippen molar-refractivity contribution in [3.8, 4) is 0 Å². The minimum absolute atomic E-state index is 0.0192. The van der Waals surface area contributed by atoms with Crippen LogP contribution in [0.4, 0.5) is 0 Å². The lowest BCUT2D eigenvalue weighted by Crippen LogP contribution is -2.22. The first-order chi connectivity index (χ1) is 8.95. The van der Waals surface area contributed by atoms with Crippen LogP contribution in [0.5, 0.6) is 0 Å². The van der Waals surface area contributed by atoms with Gasteiger partial charge >= 0.3 is 5.97 Å². The Morgan fingerprint density at radius 2 is 2.05 bits per heavy atom. The maximum absolute atomic E-state index is 12.3. The fraction of sp³-hybridized carbons (Fsp3) is 0.286. The summed E-state index contributed by atoms with van der Waals surface area (Å²) in [5, 5.41) is 2.93. The van der Waals surface area contributed by atoms with Gasteiger partial charge in [0.1, 0.15) is 5.57 Å². The van der Waals surface area contributed by atoms with Crippen molar-refractivity contribution >= 4 is 27.7 Å². The molecule has 0 atom stereocenters. The fourth-order valence-electron chi connectivity index (χ4n) is 1.36. The van der Waals surface area contributed by atoms with Crippen molar-refractivity contribution in [2.45, 2.75) is 19.9 Å². The predicted molar refractivity (Wildman–Crippen MR) is 76.8 cm³/mol. The Bertz CT molecular complexity index is 509. The van der Waals surface area contributed by atoms with Crippen molar-refractivity contribution in [1.29, 1.82) is 0 Å². The van der Waals surface area contributed by atoms with Gasteiger partial charge in [-0.2, -0.15) is 0 Å². The van der Waals surface area contributed by atoms with Crippen molar-refractivity contribution in [2.75, 3.05) is 7.11 Å². The molecule has 19 heavy (non-hydrogen) atoms. The molecule has 1 N–H and O–H groups in total. The van der Waals surface area contributed by atoms with Crippen molar-refractivity contribution < 1.29 is 14.3 Å². The number of Topliss-reactive ketones (excluding diaryl/α,β-unsaturated/α-hetero) is 1. The van der Waals surface area contributed by atoms with Crippen LogP contribution in [0.15, 0.2) is 40.5 Å². The average Bonchev–Trinajstić information content (AvgIpc) is 2.38. The zero-order valence-electron chi connectivity index (χ0n) is 11.1. The third-order valence-electron chi connectivity index (χ3n) is 2.30. The van der Waals surface area contributed by atoms with Gasteiger partial charge in [-0.15, -0.1) is 0 Å². The van der Waals surface area contributed by atoms with E-state index >= 15 is 0 Å². The molecule has 0 heterocycles. The molecule has 0 aromatic heterocycles. The van der Waals surface area contributed by atoms with Crippen molar-refractivity contribution in [2.24, 2.45) is 0 Å². The number of methoxy groups -OCH3 is 1. The van der Waals surface area contributed by atoms with Crippen molar-refractivity contribution in [3.05, 3.63) is 46.1 Å². The number of rotatable bonds is 5. The lowest BCUT2D eigenvalue weighted by Gasteiger charge is -2.08. The lowest BCUT2D eigenvalue weighted by molar-refractivity contribution is -0.135. The van der Waals surface area contributed by atoms with Crippen LogP contribution in [0, 0.1) is 0 Å². The van der Waals surface area contributed by atoms with E-state index in [2.05, 4.69) is 26.0 Å². The Morgan fingerprint density at radius 1 is 1.37 bits per heavy atom. The normalized spacial score (nSPS) is 11.3. The zero-order chi connectivity index (χ0) is 14.4. The molecule has 0 amide bonds. The van der Waals surface area contributed by atoms with Gasteiger partial charge in [-0.25, -0.2) is 4.79 Å². The highest BCUT2D eigenvalue weighted by molar-refractivity contribution is 9.10. The molecular formula is C14H16BrNO3. The predicted octanol–water partition coefficient (Wildman–Crippen LogP) is 2.69. The van der Waals surface area contributed by atoms with Crippen LogP contribution >= 0.6 is 15.9 Å². The SMILES string of the molecule is COC(=O)/C(=C\NC(C)C)C(=O)c1cccc(Br)c1. The van der Waals surface area contributed by atoms with E-state index in [4.69, 9.17) is 0 Å². The number of benzene rings is 1. The molecule has 0 spiro atoms. The monoisotopic (exact) mass is 325 g/mol. The molecule has 0 aliphatic heterocycles. The van der Waals surface area contributed by atoms with Crippen LogP contribution in [0.3, 0.4) is 0 Å². The molecule has 0 aliphatic carbocycles. The molecule has 4 nitrogen and oxygen atoms in total. The van der Waals surface area contributed by atoms with Crippen LogP contribution in [0.25, 0.3) is 0 Å². The first-order valence-electron chi connectivity index (χ1n) is 5.80. The van der Waals surface area contributed by atoms with Gasteiger partial charge in [0.2, 0.25) is 5.78 Å². The molecule has 0 fully saturated rings. The first kappa shape index (κ1) is 15.4. The van der Waals surface area contributed by atoms with Crippen LogP contribution in [-0.4, -0.2) is 24.9 Å². The van der Waals surface area contributed by atoms with Crippen LogP contribution in [-0.2, 0) is 9.53 Å². The Labute approximate surface area is 121 Å².